The normalized spacial score (nSPS) is 18.6. The summed E-state index contributed by atoms with van der Waals surface area (Å²) in [5, 5.41) is 3.90. The molecule has 1 aliphatic rings. The fourth-order valence-electron chi connectivity index (χ4n) is 2.96. The molecule has 0 aliphatic carbocycles. The molecule has 1 aromatic carbocycles. The van der Waals surface area contributed by atoms with Crippen LogP contribution in [0.4, 0.5) is 24.8 Å². The Hall–Kier alpha value is -2.30. The maximum atomic E-state index is 12.6. The maximum absolute atomic E-state index is 12.6. The molecule has 0 radical (unpaired) electrons. The zero-order valence-corrected chi connectivity index (χ0v) is 15.6. The number of hydrogen-bond donors (Lipinski definition) is 0. The van der Waals surface area contributed by atoms with E-state index in [2.05, 4.69) is 10.1 Å². The van der Waals surface area contributed by atoms with Crippen LogP contribution in [0.5, 0.6) is 0 Å². The highest BCUT2D eigenvalue weighted by Crippen LogP contribution is 2.33. The van der Waals surface area contributed by atoms with Gasteiger partial charge in [-0.15, -0.1) is 0 Å². The minimum absolute atomic E-state index is 0.00136. The molecule has 2 heterocycles. The van der Waals surface area contributed by atoms with Gasteiger partial charge in [0.1, 0.15) is 0 Å². The van der Waals surface area contributed by atoms with E-state index in [1.807, 2.05) is 4.90 Å². The fourth-order valence-corrected chi connectivity index (χ4v) is 3.72. The molecule has 11 heteroatoms. The average Bonchev–Trinajstić information content (AvgIpc) is 3.11. The fraction of sp³-hybridized carbons (Fsp3) is 0.500. The van der Waals surface area contributed by atoms with Crippen molar-refractivity contribution < 1.29 is 26.1 Å². The number of sulfone groups is 1. The van der Waals surface area contributed by atoms with Gasteiger partial charge in [-0.25, -0.2) is 8.42 Å². The van der Waals surface area contributed by atoms with E-state index in [-0.39, 0.29) is 5.92 Å². The monoisotopic (exact) mass is 404 g/mol. The largest absolute Gasteiger partial charge is 0.501 e. The Morgan fingerprint density at radius 2 is 1.89 bits per heavy atom. The van der Waals surface area contributed by atoms with Gasteiger partial charge in [-0.1, -0.05) is 0 Å². The van der Waals surface area contributed by atoms with Crippen LogP contribution in [0.25, 0.3) is 0 Å². The van der Waals surface area contributed by atoms with E-state index in [9.17, 15) is 21.6 Å². The van der Waals surface area contributed by atoms with E-state index in [4.69, 9.17) is 4.52 Å². The lowest BCUT2D eigenvalue weighted by Gasteiger charge is -2.32. The van der Waals surface area contributed by atoms with E-state index in [0.717, 1.165) is 25.0 Å². The molecule has 7 nitrogen and oxygen atoms in total. The number of nitrogens with zero attached hydrogens (tertiary/aromatic N) is 4. The number of piperidine rings is 1. The SMILES string of the molecule is CN(C)c1noc(C2CCCN(c3ccc(S(=O)(=O)C(F)(F)F)cc3)C2)n1. The van der Waals surface area contributed by atoms with Crippen molar-refractivity contribution >= 4 is 21.5 Å². The number of aromatic nitrogens is 2. The van der Waals surface area contributed by atoms with Gasteiger partial charge >= 0.3 is 5.51 Å². The first-order valence-electron chi connectivity index (χ1n) is 8.27. The van der Waals surface area contributed by atoms with Crippen LogP contribution in [-0.4, -0.2) is 51.3 Å². The first-order valence-corrected chi connectivity index (χ1v) is 9.75. The second-order valence-corrected chi connectivity index (χ2v) is 8.50. The first kappa shape index (κ1) is 19.5. The summed E-state index contributed by atoms with van der Waals surface area (Å²) in [6, 6.07) is 4.75. The zero-order chi connectivity index (χ0) is 19.8. The van der Waals surface area contributed by atoms with Crippen molar-refractivity contribution in [2.75, 3.05) is 37.0 Å². The minimum Gasteiger partial charge on any atom is -0.371 e. The quantitative estimate of drug-likeness (QED) is 0.775. The van der Waals surface area contributed by atoms with Crippen molar-refractivity contribution in [2.45, 2.75) is 29.2 Å². The molecular weight excluding hydrogens is 385 g/mol. The van der Waals surface area contributed by atoms with Gasteiger partial charge in [0, 0.05) is 32.9 Å². The van der Waals surface area contributed by atoms with Crippen LogP contribution in [-0.2, 0) is 9.84 Å². The summed E-state index contributed by atoms with van der Waals surface area (Å²) in [7, 11) is -1.73. The molecule has 1 aliphatic heterocycles. The highest BCUT2D eigenvalue weighted by atomic mass is 32.2. The molecule has 0 amide bonds. The van der Waals surface area contributed by atoms with E-state index >= 15 is 0 Å². The Morgan fingerprint density at radius 1 is 1.22 bits per heavy atom. The number of rotatable bonds is 4. The van der Waals surface area contributed by atoms with Crippen LogP contribution in [0, 0.1) is 0 Å². The van der Waals surface area contributed by atoms with Gasteiger partial charge in [0.15, 0.2) is 0 Å². The molecular formula is C16H19F3N4O3S. The third kappa shape index (κ3) is 3.87. The van der Waals surface area contributed by atoms with Gasteiger partial charge in [0.05, 0.1) is 10.8 Å². The number of benzene rings is 1. The Bertz CT molecular complexity index is 894. The summed E-state index contributed by atoms with van der Waals surface area (Å²) in [4.78, 5) is 7.29. The topological polar surface area (TPSA) is 79.5 Å². The average molecular weight is 404 g/mol. The van der Waals surface area contributed by atoms with Crippen molar-refractivity contribution in [1.82, 2.24) is 10.1 Å². The lowest BCUT2D eigenvalue weighted by Crippen LogP contribution is -2.34. The molecule has 1 aromatic heterocycles. The molecule has 0 spiro atoms. The molecule has 1 unspecified atom stereocenters. The van der Waals surface area contributed by atoms with Gasteiger partial charge in [0.2, 0.25) is 5.89 Å². The molecule has 0 N–H and O–H groups in total. The Balaban J connectivity index is 1.76. The summed E-state index contributed by atoms with van der Waals surface area (Å²) in [6.07, 6.45) is 1.69. The van der Waals surface area contributed by atoms with Crippen LogP contribution in [0.15, 0.2) is 33.7 Å². The van der Waals surface area contributed by atoms with Gasteiger partial charge in [-0.05, 0) is 42.3 Å². The summed E-state index contributed by atoms with van der Waals surface area (Å²) < 4.78 is 66.2. The predicted octanol–water partition coefficient (Wildman–Crippen LogP) is 2.81. The molecule has 148 valence electrons. The number of hydrogen-bond acceptors (Lipinski definition) is 7. The van der Waals surface area contributed by atoms with Crippen LogP contribution in [0.1, 0.15) is 24.7 Å². The third-order valence-electron chi connectivity index (χ3n) is 4.42. The smallest absolute Gasteiger partial charge is 0.371 e. The van der Waals surface area contributed by atoms with Gasteiger partial charge in [0.25, 0.3) is 15.8 Å². The van der Waals surface area contributed by atoms with Crippen LogP contribution >= 0.6 is 0 Å². The second kappa shape index (κ2) is 7.02. The lowest BCUT2D eigenvalue weighted by molar-refractivity contribution is -0.0436. The van der Waals surface area contributed by atoms with Crippen LogP contribution < -0.4 is 9.80 Å². The molecule has 27 heavy (non-hydrogen) atoms. The predicted molar refractivity (Wildman–Crippen MR) is 92.5 cm³/mol. The van der Waals surface area contributed by atoms with Crippen LogP contribution in [0.2, 0.25) is 0 Å². The standard InChI is InChI=1S/C16H19F3N4O3S/c1-22(2)15-20-14(26-21-15)11-4-3-9-23(10-11)12-5-7-13(8-6-12)27(24,25)16(17,18)19/h5-8,11H,3-4,9-10H2,1-2H3. The van der Waals surface area contributed by atoms with Gasteiger partial charge in [-0.3, -0.25) is 0 Å². The van der Waals surface area contributed by atoms with Gasteiger partial charge in [-0.2, -0.15) is 18.2 Å². The molecule has 1 saturated heterocycles. The third-order valence-corrected chi connectivity index (χ3v) is 5.92. The van der Waals surface area contributed by atoms with Crippen molar-refractivity contribution in [3.63, 3.8) is 0 Å². The number of anilines is 2. The molecule has 2 aromatic rings. The summed E-state index contributed by atoms with van der Waals surface area (Å²) >= 11 is 0. The first-order chi connectivity index (χ1) is 12.6. The van der Waals surface area contributed by atoms with Gasteiger partial charge < -0.3 is 14.3 Å². The highest BCUT2D eigenvalue weighted by molar-refractivity contribution is 7.92. The van der Waals surface area contributed by atoms with Crippen molar-refractivity contribution in [2.24, 2.45) is 0 Å². The van der Waals surface area contributed by atoms with Crippen LogP contribution in [0.3, 0.4) is 0 Å². The summed E-state index contributed by atoms with van der Waals surface area (Å²) in [6.45, 7) is 1.26. The molecule has 0 saturated carbocycles. The molecule has 3 rings (SSSR count). The Morgan fingerprint density at radius 3 is 2.44 bits per heavy atom. The zero-order valence-electron chi connectivity index (χ0n) is 14.8. The van der Waals surface area contributed by atoms with Crippen molar-refractivity contribution in [1.29, 1.82) is 0 Å². The molecule has 1 atom stereocenters. The highest BCUT2D eigenvalue weighted by Gasteiger charge is 2.46. The Kier molecular flexibility index (Phi) is 5.06. The van der Waals surface area contributed by atoms with Crippen molar-refractivity contribution in [3.8, 4) is 0 Å². The minimum atomic E-state index is -5.34. The number of halogens is 3. The summed E-state index contributed by atoms with van der Waals surface area (Å²) in [5.41, 5.74) is -4.67. The molecule has 0 bridgehead atoms. The van der Waals surface area contributed by atoms with Crippen molar-refractivity contribution in [3.05, 3.63) is 30.2 Å². The Labute approximate surface area is 154 Å². The lowest BCUT2D eigenvalue weighted by atomic mass is 9.97. The second-order valence-electron chi connectivity index (χ2n) is 6.56. The van der Waals surface area contributed by atoms with E-state index in [1.165, 1.54) is 12.1 Å². The van der Waals surface area contributed by atoms with E-state index < -0.39 is 20.2 Å². The van der Waals surface area contributed by atoms with E-state index in [1.54, 1.807) is 19.0 Å². The van der Waals surface area contributed by atoms with E-state index in [0.29, 0.717) is 30.6 Å². The molecule has 1 fully saturated rings. The summed E-state index contributed by atoms with van der Waals surface area (Å²) in [5.74, 6) is 0.988. The maximum Gasteiger partial charge on any atom is 0.501 e. The number of alkyl halides is 3.